The van der Waals surface area contributed by atoms with E-state index < -0.39 is 51.7 Å². The molecule has 0 fully saturated rings. The van der Waals surface area contributed by atoms with Gasteiger partial charge in [0.1, 0.15) is 0 Å². The molecule has 2 nitrogen and oxygen atoms in total. The van der Waals surface area contributed by atoms with E-state index in [9.17, 15) is 31.1 Å². The summed E-state index contributed by atoms with van der Waals surface area (Å²) in [5, 5.41) is 0. The average molecular weight is 279 g/mol. The van der Waals surface area contributed by atoms with E-state index in [1.165, 1.54) is 0 Å². The molecule has 0 bridgehead atoms. The highest BCUT2D eigenvalue weighted by atomic mass is 19.2. The van der Waals surface area contributed by atoms with Crippen molar-refractivity contribution < 1.29 is 26.3 Å². The van der Waals surface area contributed by atoms with E-state index in [1.54, 1.807) is 4.98 Å². The first kappa shape index (κ1) is 13.2. The van der Waals surface area contributed by atoms with Gasteiger partial charge in [-0.1, -0.05) is 0 Å². The average Bonchev–Trinajstić information content (AvgIpc) is 2.37. The number of pyridine rings is 1. The van der Waals surface area contributed by atoms with E-state index in [0.717, 1.165) is 0 Å². The molecule has 0 atom stereocenters. The molecule has 1 heterocycles. The van der Waals surface area contributed by atoms with Gasteiger partial charge in [-0.3, -0.25) is 9.78 Å². The quantitative estimate of drug-likeness (QED) is 0.370. The van der Waals surface area contributed by atoms with Crippen LogP contribution in [0.5, 0.6) is 0 Å². The van der Waals surface area contributed by atoms with Crippen molar-refractivity contribution in [1.29, 1.82) is 0 Å². The molecule has 0 radical (unpaired) electrons. The predicted molar refractivity (Wildman–Crippen MR) is 52.2 cm³/mol. The van der Waals surface area contributed by atoms with Gasteiger partial charge in [0.05, 0.1) is 5.56 Å². The molecule has 1 aromatic heterocycles. The number of halogens is 6. The van der Waals surface area contributed by atoms with Crippen LogP contribution in [0.2, 0.25) is 0 Å². The van der Waals surface area contributed by atoms with Crippen LogP contribution in [-0.4, -0.2) is 4.98 Å². The molecule has 0 unspecified atom stereocenters. The summed E-state index contributed by atoms with van der Waals surface area (Å²) >= 11 is 0. The Morgan fingerprint density at radius 2 is 1.21 bits per heavy atom. The number of hydrogen-bond donors (Lipinski definition) is 1. The third-order valence-corrected chi connectivity index (χ3v) is 2.35. The third kappa shape index (κ3) is 1.98. The maximum atomic E-state index is 13.4. The van der Waals surface area contributed by atoms with Crippen LogP contribution in [0.25, 0.3) is 11.1 Å². The molecule has 0 aliphatic heterocycles. The van der Waals surface area contributed by atoms with Crippen molar-refractivity contribution in [3.63, 3.8) is 0 Å². The van der Waals surface area contributed by atoms with E-state index in [2.05, 4.69) is 0 Å². The Bertz CT molecular complexity index is 695. The van der Waals surface area contributed by atoms with E-state index in [1.807, 2.05) is 0 Å². The summed E-state index contributed by atoms with van der Waals surface area (Å²) < 4.78 is 78.8. The van der Waals surface area contributed by atoms with Crippen molar-refractivity contribution in [3.8, 4) is 11.1 Å². The number of H-pyrrole nitrogens is 1. The summed E-state index contributed by atoms with van der Waals surface area (Å²) in [6.45, 7) is 0. The van der Waals surface area contributed by atoms with E-state index in [-0.39, 0.29) is 0 Å². The van der Waals surface area contributed by atoms with Gasteiger partial charge in [-0.05, 0) is 6.07 Å². The third-order valence-electron chi connectivity index (χ3n) is 2.35. The molecule has 0 saturated carbocycles. The smallest absolute Gasteiger partial charge is 0.250 e. The van der Waals surface area contributed by atoms with Crippen molar-refractivity contribution in [2.24, 2.45) is 0 Å². The number of benzene rings is 1. The summed E-state index contributed by atoms with van der Waals surface area (Å²) in [5.41, 5.74) is -3.30. The van der Waals surface area contributed by atoms with Crippen molar-refractivity contribution in [2.45, 2.75) is 0 Å². The lowest BCUT2D eigenvalue weighted by atomic mass is 10.1. The second-order valence-electron chi connectivity index (χ2n) is 3.50. The molecule has 0 aliphatic rings. The number of aromatic nitrogens is 1. The van der Waals surface area contributed by atoms with Crippen LogP contribution in [0.15, 0.2) is 16.9 Å². The Labute approximate surface area is 101 Å². The summed E-state index contributed by atoms with van der Waals surface area (Å²) in [6.07, 6.45) is 0. The predicted octanol–water partition coefficient (Wildman–Crippen LogP) is 2.88. The maximum Gasteiger partial charge on any atom is 0.250 e. The molecule has 0 aliphatic carbocycles. The molecule has 100 valence electrons. The van der Waals surface area contributed by atoms with Crippen LogP contribution in [-0.2, 0) is 0 Å². The number of nitrogens with one attached hydrogen (secondary N) is 1. The Morgan fingerprint density at radius 1 is 0.737 bits per heavy atom. The van der Waals surface area contributed by atoms with Gasteiger partial charge in [0.25, 0.3) is 0 Å². The van der Waals surface area contributed by atoms with E-state index in [4.69, 9.17) is 0 Å². The summed E-state index contributed by atoms with van der Waals surface area (Å²) in [5.74, 6) is -12.6. The SMILES string of the molecule is O=c1ccc(-c2c(F)c(F)c(F)c(F)c2F)c(F)[nH]1. The zero-order chi connectivity index (χ0) is 14.3. The van der Waals surface area contributed by atoms with Crippen molar-refractivity contribution in [1.82, 2.24) is 4.98 Å². The zero-order valence-electron chi connectivity index (χ0n) is 8.83. The molecule has 0 saturated heterocycles. The zero-order valence-corrected chi connectivity index (χ0v) is 8.83. The number of hydrogen-bond acceptors (Lipinski definition) is 1. The van der Waals surface area contributed by atoms with Crippen molar-refractivity contribution >= 4 is 0 Å². The molecule has 8 heteroatoms. The minimum absolute atomic E-state index is 0.618. The Hall–Kier alpha value is -2.25. The minimum atomic E-state index is -2.34. The highest BCUT2D eigenvalue weighted by molar-refractivity contribution is 5.64. The first-order valence-corrected chi connectivity index (χ1v) is 4.75. The van der Waals surface area contributed by atoms with Gasteiger partial charge in [0, 0.05) is 11.6 Å². The molecule has 0 amide bonds. The molecule has 2 rings (SSSR count). The van der Waals surface area contributed by atoms with Crippen molar-refractivity contribution in [3.05, 3.63) is 57.5 Å². The maximum absolute atomic E-state index is 13.4. The molecule has 2 aromatic rings. The van der Waals surface area contributed by atoms with Crippen LogP contribution >= 0.6 is 0 Å². The first-order valence-electron chi connectivity index (χ1n) is 4.75. The molecule has 19 heavy (non-hydrogen) atoms. The Morgan fingerprint density at radius 3 is 1.68 bits per heavy atom. The summed E-state index contributed by atoms with van der Waals surface area (Å²) in [7, 11) is 0. The Balaban J connectivity index is 2.86. The van der Waals surface area contributed by atoms with Crippen molar-refractivity contribution in [2.75, 3.05) is 0 Å². The van der Waals surface area contributed by atoms with E-state index in [0.29, 0.717) is 12.1 Å². The van der Waals surface area contributed by atoms with Gasteiger partial charge in [-0.2, -0.15) is 4.39 Å². The van der Waals surface area contributed by atoms with Gasteiger partial charge in [-0.25, -0.2) is 22.0 Å². The van der Waals surface area contributed by atoms with Gasteiger partial charge < -0.3 is 0 Å². The van der Waals surface area contributed by atoms with Crippen LogP contribution < -0.4 is 5.56 Å². The molecule has 1 aromatic carbocycles. The largest absolute Gasteiger partial charge is 0.298 e. The van der Waals surface area contributed by atoms with Gasteiger partial charge in [0.15, 0.2) is 23.3 Å². The fraction of sp³-hybridized carbons (Fsp3) is 0. The number of rotatable bonds is 1. The Kier molecular flexibility index (Phi) is 3.09. The second kappa shape index (κ2) is 4.45. The fourth-order valence-electron chi connectivity index (χ4n) is 1.48. The second-order valence-corrected chi connectivity index (χ2v) is 3.50. The van der Waals surface area contributed by atoms with Gasteiger partial charge in [0.2, 0.25) is 17.3 Å². The highest BCUT2D eigenvalue weighted by Crippen LogP contribution is 2.31. The lowest BCUT2D eigenvalue weighted by molar-refractivity contribution is 0.380. The minimum Gasteiger partial charge on any atom is -0.298 e. The first-order chi connectivity index (χ1) is 8.84. The van der Waals surface area contributed by atoms with Crippen LogP contribution in [0.1, 0.15) is 0 Å². The molecular formula is C11H3F6NO. The monoisotopic (exact) mass is 279 g/mol. The summed E-state index contributed by atoms with van der Waals surface area (Å²) in [6, 6.07) is 1.31. The van der Waals surface area contributed by atoms with Crippen LogP contribution in [0.4, 0.5) is 26.3 Å². The molecule has 1 N–H and O–H groups in total. The van der Waals surface area contributed by atoms with Crippen LogP contribution in [0.3, 0.4) is 0 Å². The van der Waals surface area contributed by atoms with Gasteiger partial charge >= 0.3 is 0 Å². The highest BCUT2D eigenvalue weighted by Gasteiger charge is 2.28. The fourth-order valence-corrected chi connectivity index (χ4v) is 1.48. The molecule has 0 spiro atoms. The lowest BCUT2D eigenvalue weighted by Crippen LogP contribution is -2.10. The number of aromatic amines is 1. The summed E-state index contributed by atoms with van der Waals surface area (Å²) in [4.78, 5) is 12.3. The van der Waals surface area contributed by atoms with Gasteiger partial charge in [-0.15, -0.1) is 0 Å². The molecular weight excluding hydrogens is 276 g/mol. The normalized spacial score (nSPS) is 10.8. The van der Waals surface area contributed by atoms with Crippen LogP contribution in [0, 0.1) is 35.0 Å². The lowest BCUT2D eigenvalue weighted by Gasteiger charge is -2.08. The topological polar surface area (TPSA) is 32.9 Å². The standard InChI is InChI=1S/C11H3F6NO/c12-6-5(3-1-2-4(19)18-11(3)17)7(13)9(15)10(16)8(6)14/h1-2H,(H,18,19). The van der Waals surface area contributed by atoms with E-state index >= 15 is 0 Å².